The van der Waals surface area contributed by atoms with Gasteiger partial charge in [-0.3, -0.25) is 0 Å². The van der Waals surface area contributed by atoms with Crippen LogP contribution in [0.5, 0.6) is 0 Å². The first-order chi connectivity index (χ1) is 9.76. The third-order valence-electron chi connectivity index (χ3n) is 3.83. The molecule has 1 saturated carbocycles. The van der Waals surface area contributed by atoms with Crippen LogP contribution in [0.25, 0.3) is 0 Å². The van der Waals surface area contributed by atoms with Crippen LogP contribution in [0, 0.1) is 0 Å². The van der Waals surface area contributed by atoms with E-state index in [1.54, 1.807) is 17.6 Å². The number of rotatable bonds is 5. The molecule has 0 aliphatic heterocycles. The summed E-state index contributed by atoms with van der Waals surface area (Å²) in [5.41, 5.74) is 0. The van der Waals surface area contributed by atoms with E-state index in [4.69, 9.17) is 16.0 Å². The van der Waals surface area contributed by atoms with Crippen LogP contribution in [0.15, 0.2) is 34.9 Å². The molecule has 20 heavy (non-hydrogen) atoms. The number of thiophene rings is 1. The summed E-state index contributed by atoms with van der Waals surface area (Å²) in [5.74, 6) is 0.969. The summed E-state index contributed by atoms with van der Waals surface area (Å²) >= 11 is 9.69. The van der Waals surface area contributed by atoms with Crippen molar-refractivity contribution < 1.29 is 4.42 Å². The third kappa shape index (κ3) is 3.25. The molecule has 0 spiro atoms. The van der Waals surface area contributed by atoms with E-state index in [0.717, 1.165) is 15.3 Å². The van der Waals surface area contributed by atoms with E-state index in [9.17, 15) is 0 Å². The monoisotopic (exact) mass is 327 g/mol. The van der Waals surface area contributed by atoms with Crippen molar-refractivity contribution in [1.29, 1.82) is 0 Å². The topological polar surface area (TPSA) is 25.2 Å². The van der Waals surface area contributed by atoms with Gasteiger partial charge in [0.25, 0.3) is 0 Å². The van der Waals surface area contributed by atoms with E-state index in [2.05, 4.69) is 17.6 Å². The summed E-state index contributed by atoms with van der Waals surface area (Å²) in [6, 6.07) is 8.70. The fourth-order valence-electron chi connectivity index (χ4n) is 2.78. The van der Waals surface area contributed by atoms with Crippen molar-refractivity contribution in [3.8, 4) is 0 Å². The quantitative estimate of drug-likeness (QED) is 0.840. The molecule has 2 aromatic rings. The molecule has 0 radical (unpaired) electrons. The number of hydrogen-bond donors (Lipinski definition) is 1. The Bertz CT molecular complexity index is 540. The van der Waals surface area contributed by atoms with Crippen LogP contribution in [0.2, 0.25) is 4.34 Å². The Hall–Kier alpha value is -0.420. The molecule has 1 fully saturated rings. The zero-order chi connectivity index (χ0) is 13.9. The summed E-state index contributed by atoms with van der Waals surface area (Å²) in [6.07, 6.45) is 7.71. The van der Waals surface area contributed by atoms with Gasteiger partial charge in [-0.1, -0.05) is 11.6 Å². The minimum Gasteiger partial charge on any atom is -0.467 e. The van der Waals surface area contributed by atoms with Gasteiger partial charge in [0.05, 0.1) is 10.6 Å². The molecule has 5 heteroatoms. The molecule has 3 atom stereocenters. The highest BCUT2D eigenvalue weighted by atomic mass is 35.5. The zero-order valence-electron chi connectivity index (χ0n) is 11.3. The molecule has 1 aliphatic rings. The number of hydrogen-bond acceptors (Lipinski definition) is 4. The summed E-state index contributed by atoms with van der Waals surface area (Å²) in [4.78, 5) is 1.22. The van der Waals surface area contributed by atoms with Crippen LogP contribution in [0.3, 0.4) is 0 Å². The van der Waals surface area contributed by atoms with Gasteiger partial charge in [0.1, 0.15) is 11.8 Å². The van der Waals surface area contributed by atoms with Gasteiger partial charge in [0.15, 0.2) is 0 Å². The van der Waals surface area contributed by atoms with Crippen LogP contribution in [-0.4, -0.2) is 17.5 Å². The number of nitrogens with one attached hydrogen (secondary N) is 1. The molecule has 2 nitrogen and oxygen atoms in total. The standard InChI is InChI=1S/C15H18ClNOS2/c1-19-11-5-4-10(9-11)17-15(12-3-2-8-18-12)13-6-7-14(16)20-13/h2-3,6-8,10-11,15,17H,4-5,9H2,1H3. The lowest BCUT2D eigenvalue weighted by Crippen LogP contribution is -2.31. The molecule has 0 bridgehead atoms. The Morgan fingerprint density at radius 2 is 2.30 bits per heavy atom. The normalized spacial score (nSPS) is 24.1. The van der Waals surface area contributed by atoms with Crippen molar-refractivity contribution in [1.82, 2.24) is 5.32 Å². The van der Waals surface area contributed by atoms with Gasteiger partial charge < -0.3 is 9.73 Å². The Morgan fingerprint density at radius 3 is 2.90 bits per heavy atom. The van der Waals surface area contributed by atoms with Gasteiger partial charge in [-0.05, 0) is 49.8 Å². The van der Waals surface area contributed by atoms with Crippen LogP contribution in [0.4, 0.5) is 0 Å². The first-order valence-corrected chi connectivity index (χ1v) is 9.32. The predicted molar refractivity (Wildman–Crippen MR) is 88.0 cm³/mol. The fraction of sp³-hybridized carbons (Fsp3) is 0.467. The average molecular weight is 328 g/mol. The van der Waals surface area contributed by atoms with Crippen molar-refractivity contribution in [2.24, 2.45) is 0 Å². The van der Waals surface area contributed by atoms with Gasteiger partial charge in [-0.15, -0.1) is 11.3 Å². The maximum Gasteiger partial charge on any atom is 0.126 e. The second-order valence-corrected chi connectivity index (χ2v) is 8.01. The van der Waals surface area contributed by atoms with Crippen molar-refractivity contribution in [3.63, 3.8) is 0 Å². The van der Waals surface area contributed by atoms with E-state index < -0.39 is 0 Å². The smallest absolute Gasteiger partial charge is 0.126 e. The van der Waals surface area contributed by atoms with Gasteiger partial charge in [-0.25, -0.2) is 0 Å². The zero-order valence-corrected chi connectivity index (χ0v) is 13.7. The fourth-order valence-corrected chi connectivity index (χ4v) is 4.71. The Kier molecular flexibility index (Phi) is 4.76. The molecule has 0 aromatic carbocycles. The van der Waals surface area contributed by atoms with E-state index in [1.807, 2.05) is 30.0 Å². The number of halogens is 1. The summed E-state index contributed by atoms with van der Waals surface area (Å²) in [5, 5.41) is 4.55. The lowest BCUT2D eigenvalue weighted by Gasteiger charge is -2.20. The molecule has 3 rings (SSSR count). The molecule has 3 unspecified atom stereocenters. The predicted octanol–water partition coefficient (Wildman–Crippen LogP) is 4.96. The maximum atomic E-state index is 6.08. The average Bonchev–Trinajstić information content (AvgIpc) is 3.17. The number of furan rings is 1. The van der Waals surface area contributed by atoms with Crippen molar-refractivity contribution in [2.45, 2.75) is 36.6 Å². The van der Waals surface area contributed by atoms with E-state index in [0.29, 0.717) is 6.04 Å². The maximum absolute atomic E-state index is 6.08. The van der Waals surface area contributed by atoms with Crippen LogP contribution in [-0.2, 0) is 0 Å². The van der Waals surface area contributed by atoms with Gasteiger partial charge >= 0.3 is 0 Å². The second-order valence-electron chi connectivity index (χ2n) is 5.12. The Balaban J connectivity index is 1.77. The first kappa shape index (κ1) is 14.5. The van der Waals surface area contributed by atoms with Crippen LogP contribution in [0.1, 0.15) is 35.9 Å². The van der Waals surface area contributed by atoms with Crippen LogP contribution < -0.4 is 5.32 Å². The molecule has 0 saturated heterocycles. The van der Waals surface area contributed by atoms with E-state index in [-0.39, 0.29) is 6.04 Å². The molecule has 0 amide bonds. The molecule has 108 valence electrons. The lowest BCUT2D eigenvalue weighted by atomic mass is 10.1. The highest BCUT2D eigenvalue weighted by Crippen LogP contribution is 2.35. The molecular formula is C15H18ClNOS2. The van der Waals surface area contributed by atoms with Crippen molar-refractivity contribution in [2.75, 3.05) is 6.26 Å². The SMILES string of the molecule is CSC1CCC(NC(c2ccco2)c2ccc(Cl)s2)C1. The first-order valence-electron chi connectivity index (χ1n) is 6.83. The highest BCUT2D eigenvalue weighted by molar-refractivity contribution is 7.99. The number of thioether (sulfide) groups is 1. The lowest BCUT2D eigenvalue weighted by molar-refractivity contribution is 0.409. The van der Waals surface area contributed by atoms with Crippen molar-refractivity contribution in [3.05, 3.63) is 45.5 Å². The highest BCUT2D eigenvalue weighted by Gasteiger charge is 2.28. The molecule has 1 N–H and O–H groups in total. The summed E-state index contributed by atoms with van der Waals surface area (Å²) < 4.78 is 6.44. The van der Waals surface area contributed by atoms with Crippen molar-refractivity contribution >= 4 is 34.7 Å². The molecular weight excluding hydrogens is 310 g/mol. The van der Waals surface area contributed by atoms with Gasteiger partial charge in [0, 0.05) is 16.2 Å². The largest absolute Gasteiger partial charge is 0.467 e. The van der Waals surface area contributed by atoms with Gasteiger partial charge in [-0.2, -0.15) is 11.8 Å². The van der Waals surface area contributed by atoms with Crippen LogP contribution >= 0.6 is 34.7 Å². The molecule has 2 aromatic heterocycles. The third-order valence-corrected chi connectivity index (χ3v) is 6.22. The van der Waals surface area contributed by atoms with Gasteiger partial charge in [0.2, 0.25) is 0 Å². The summed E-state index contributed by atoms with van der Waals surface area (Å²) in [7, 11) is 0. The molecule has 1 aliphatic carbocycles. The molecule has 2 heterocycles. The van der Waals surface area contributed by atoms with E-state index in [1.165, 1.54) is 24.1 Å². The minimum absolute atomic E-state index is 0.119. The van der Waals surface area contributed by atoms with E-state index >= 15 is 0 Å². The Morgan fingerprint density at radius 1 is 1.40 bits per heavy atom. The minimum atomic E-state index is 0.119. The summed E-state index contributed by atoms with van der Waals surface area (Å²) in [6.45, 7) is 0. The Labute approximate surface area is 132 Å². The second kappa shape index (κ2) is 6.56.